The number of hydrogen-bond donors (Lipinski definition) is 3. The number of nitrogens with one attached hydrogen (secondary N) is 1. The molecule has 1 unspecified atom stereocenters. The Morgan fingerprint density at radius 2 is 2.10 bits per heavy atom. The molecule has 0 amide bonds. The Morgan fingerprint density at radius 3 is 2.67 bits per heavy atom. The fourth-order valence-corrected chi connectivity index (χ4v) is 3.66. The van der Waals surface area contributed by atoms with Crippen molar-refractivity contribution < 1.29 is 17.9 Å². The Balaban J connectivity index is 2.89. The Bertz CT molecular complexity index is 575. The van der Waals surface area contributed by atoms with Crippen molar-refractivity contribution in [2.75, 3.05) is 18.9 Å². The van der Waals surface area contributed by atoms with Gasteiger partial charge in [0.25, 0.3) is 0 Å². The predicted molar refractivity (Wildman–Crippen MR) is 81.1 cm³/mol. The zero-order valence-electron chi connectivity index (χ0n) is 11.8. The summed E-state index contributed by atoms with van der Waals surface area (Å²) in [6.07, 6.45) is 2.19. The van der Waals surface area contributed by atoms with Gasteiger partial charge in [0.2, 0.25) is 10.0 Å². The van der Waals surface area contributed by atoms with Gasteiger partial charge in [0, 0.05) is 13.2 Å². The molecule has 120 valence electrons. The minimum absolute atomic E-state index is 0.00333. The van der Waals surface area contributed by atoms with E-state index in [0.29, 0.717) is 6.42 Å². The number of sulfonamides is 1. The summed E-state index contributed by atoms with van der Waals surface area (Å²) >= 11 is 5.77. The molecule has 0 radical (unpaired) electrons. The average Bonchev–Trinajstić information content (AvgIpc) is 2.40. The summed E-state index contributed by atoms with van der Waals surface area (Å²) in [6.45, 7) is 2.16. The third kappa shape index (κ3) is 5.10. The van der Waals surface area contributed by atoms with Crippen LogP contribution < -0.4 is 10.5 Å². The van der Waals surface area contributed by atoms with Crippen LogP contribution in [0.25, 0.3) is 0 Å². The predicted octanol–water partition coefficient (Wildman–Crippen LogP) is 2.14. The monoisotopic (exact) mass is 338 g/mol. The first-order chi connectivity index (χ1) is 9.81. The fraction of sp³-hybridized carbons (Fsp3) is 0.538. The number of benzene rings is 1. The van der Waals surface area contributed by atoms with Gasteiger partial charge >= 0.3 is 0 Å². The highest BCUT2D eigenvalue weighted by Gasteiger charge is 2.21. The van der Waals surface area contributed by atoms with Crippen molar-refractivity contribution in [2.45, 2.75) is 31.1 Å². The van der Waals surface area contributed by atoms with Gasteiger partial charge in [0.1, 0.15) is 10.7 Å². The average molecular weight is 339 g/mol. The minimum Gasteiger partial charge on any atom is -0.396 e. The van der Waals surface area contributed by atoms with E-state index in [0.717, 1.165) is 25.0 Å². The topological polar surface area (TPSA) is 92.4 Å². The molecule has 5 nitrogen and oxygen atoms in total. The van der Waals surface area contributed by atoms with E-state index in [9.17, 15) is 12.8 Å². The van der Waals surface area contributed by atoms with Crippen molar-refractivity contribution in [3.8, 4) is 0 Å². The highest BCUT2D eigenvalue weighted by Crippen LogP contribution is 2.26. The van der Waals surface area contributed by atoms with Crippen molar-refractivity contribution in [3.05, 3.63) is 23.0 Å². The van der Waals surface area contributed by atoms with Crippen LogP contribution in [0.1, 0.15) is 26.2 Å². The quantitative estimate of drug-likeness (QED) is 0.633. The van der Waals surface area contributed by atoms with Crippen LogP contribution in [0.4, 0.5) is 10.1 Å². The Labute approximate surface area is 129 Å². The first-order valence-corrected chi connectivity index (χ1v) is 8.53. The van der Waals surface area contributed by atoms with Gasteiger partial charge in [-0.3, -0.25) is 0 Å². The van der Waals surface area contributed by atoms with Gasteiger partial charge in [-0.1, -0.05) is 24.9 Å². The number of aliphatic hydroxyl groups is 1. The lowest BCUT2D eigenvalue weighted by molar-refractivity contribution is 0.251. The van der Waals surface area contributed by atoms with Crippen molar-refractivity contribution in [3.63, 3.8) is 0 Å². The third-order valence-corrected chi connectivity index (χ3v) is 5.03. The molecular formula is C13H20ClFN2O3S. The van der Waals surface area contributed by atoms with Gasteiger partial charge in [-0.25, -0.2) is 17.5 Å². The maximum absolute atomic E-state index is 13.2. The van der Waals surface area contributed by atoms with E-state index in [1.165, 1.54) is 0 Å². The molecule has 0 aliphatic carbocycles. The summed E-state index contributed by atoms with van der Waals surface area (Å²) in [5.74, 6) is -0.727. The molecule has 1 rings (SSSR count). The second-order valence-electron chi connectivity index (χ2n) is 4.82. The molecule has 21 heavy (non-hydrogen) atoms. The maximum Gasteiger partial charge on any atom is 0.242 e. The number of aliphatic hydroxyl groups excluding tert-OH is 1. The van der Waals surface area contributed by atoms with Crippen LogP contribution in [0.15, 0.2) is 17.0 Å². The lowest BCUT2D eigenvalue weighted by Gasteiger charge is -2.16. The summed E-state index contributed by atoms with van der Waals surface area (Å²) in [4.78, 5) is -0.248. The molecule has 4 N–H and O–H groups in total. The highest BCUT2D eigenvalue weighted by atomic mass is 35.5. The summed E-state index contributed by atoms with van der Waals surface area (Å²) < 4.78 is 40.0. The molecule has 8 heteroatoms. The fourth-order valence-electron chi connectivity index (χ4n) is 2.00. The number of nitrogens with two attached hydrogens (primary N) is 1. The number of hydrogen-bond acceptors (Lipinski definition) is 4. The van der Waals surface area contributed by atoms with Crippen LogP contribution in [0.3, 0.4) is 0 Å². The van der Waals surface area contributed by atoms with E-state index in [4.69, 9.17) is 22.4 Å². The Kier molecular flexibility index (Phi) is 6.86. The van der Waals surface area contributed by atoms with Crippen LogP contribution in [-0.2, 0) is 10.0 Å². The number of nitrogen functional groups attached to an aromatic ring is 1. The largest absolute Gasteiger partial charge is 0.396 e. The maximum atomic E-state index is 13.2. The smallest absolute Gasteiger partial charge is 0.242 e. The van der Waals surface area contributed by atoms with Gasteiger partial charge in [0.15, 0.2) is 0 Å². The molecule has 0 saturated carbocycles. The molecule has 1 aromatic carbocycles. The molecule has 0 aromatic heterocycles. The van der Waals surface area contributed by atoms with E-state index in [2.05, 4.69) is 4.72 Å². The van der Waals surface area contributed by atoms with E-state index < -0.39 is 15.8 Å². The van der Waals surface area contributed by atoms with Crippen molar-refractivity contribution in [1.82, 2.24) is 4.72 Å². The third-order valence-electron chi connectivity index (χ3n) is 3.14. The van der Waals surface area contributed by atoms with Gasteiger partial charge in [-0.15, -0.1) is 0 Å². The van der Waals surface area contributed by atoms with E-state index >= 15 is 0 Å². The van der Waals surface area contributed by atoms with Crippen LogP contribution in [0, 0.1) is 11.7 Å². The lowest BCUT2D eigenvalue weighted by Crippen LogP contribution is -2.30. The Morgan fingerprint density at radius 1 is 1.43 bits per heavy atom. The van der Waals surface area contributed by atoms with Gasteiger partial charge < -0.3 is 10.8 Å². The van der Waals surface area contributed by atoms with E-state index in [-0.39, 0.29) is 34.7 Å². The standard InChI is InChI=1S/C13H20ClFN2O3S/c1-2-3-9(4-5-18)8-17-21(19,20)13-7-12(16)11(15)6-10(13)14/h6-7,9,17-18H,2-5,8,16H2,1H3. The second-order valence-corrected chi connectivity index (χ2v) is 6.97. The normalized spacial score (nSPS) is 13.3. The second kappa shape index (κ2) is 7.93. The zero-order chi connectivity index (χ0) is 16.0. The van der Waals surface area contributed by atoms with Crippen LogP contribution in [-0.4, -0.2) is 26.7 Å². The van der Waals surface area contributed by atoms with Crippen molar-refractivity contribution in [1.29, 1.82) is 0 Å². The molecule has 0 heterocycles. The van der Waals surface area contributed by atoms with Gasteiger partial charge in [0.05, 0.1) is 10.7 Å². The van der Waals surface area contributed by atoms with Gasteiger partial charge in [-0.2, -0.15) is 0 Å². The molecule has 0 fully saturated rings. The lowest BCUT2D eigenvalue weighted by atomic mass is 10.0. The minimum atomic E-state index is -3.87. The molecule has 0 aliphatic rings. The number of anilines is 1. The van der Waals surface area contributed by atoms with E-state index in [1.807, 2.05) is 6.92 Å². The summed E-state index contributed by atoms with van der Waals surface area (Å²) in [7, 11) is -3.87. The molecule has 0 bridgehead atoms. The first kappa shape index (κ1) is 18.2. The zero-order valence-corrected chi connectivity index (χ0v) is 13.3. The van der Waals surface area contributed by atoms with Crippen LogP contribution >= 0.6 is 11.6 Å². The van der Waals surface area contributed by atoms with Crippen molar-refractivity contribution >= 4 is 27.3 Å². The molecule has 0 saturated heterocycles. The molecule has 1 aromatic rings. The highest BCUT2D eigenvalue weighted by molar-refractivity contribution is 7.89. The Hall–Kier alpha value is -0.890. The summed E-state index contributed by atoms with van der Waals surface area (Å²) in [5, 5.41) is 8.75. The number of halogens is 2. The number of rotatable bonds is 8. The van der Waals surface area contributed by atoms with Crippen LogP contribution in [0.5, 0.6) is 0 Å². The molecular weight excluding hydrogens is 319 g/mol. The van der Waals surface area contributed by atoms with E-state index in [1.54, 1.807) is 0 Å². The SMILES string of the molecule is CCCC(CCO)CNS(=O)(=O)c1cc(N)c(F)cc1Cl. The summed E-state index contributed by atoms with van der Waals surface area (Å²) in [6, 6.07) is 1.88. The van der Waals surface area contributed by atoms with Gasteiger partial charge in [-0.05, 0) is 30.9 Å². The molecule has 0 aliphatic heterocycles. The molecule has 0 spiro atoms. The molecule has 1 atom stereocenters. The summed E-state index contributed by atoms with van der Waals surface area (Å²) in [5.41, 5.74) is 5.10. The van der Waals surface area contributed by atoms with Crippen molar-refractivity contribution in [2.24, 2.45) is 5.92 Å². The first-order valence-electron chi connectivity index (χ1n) is 6.66. The van der Waals surface area contributed by atoms with Crippen LogP contribution in [0.2, 0.25) is 5.02 Å².